The van der Waals surface area contributed by atoms with Crippen LogP contribution in [-0.2, 0) is 4.79 Å². The van der Waals surface area contributed by atoms with Crippen molar-refractivity contribution in [2.45, 2.75) is 0 Å². The SMILES string of the molecule is C=C=CC(C(=C)C=CC=C)C(=O)O. The summed E-state index contributed by atoms with van der Waals surface area (Å²) in [6, 6.07) is 0. The molecule has 0 aliphatic rings. The van der Waals surface area contributed by atoms with E-state index in [1.165, 1.54) is 6.08 Å². The molecule has 2 heteroatoms. The van der Waals surface area contributed by atoms with Crippen LogP contribution in [0.2, 0.25) is 0 Å². The molecule has 0 fully saturated rings. The molecule has 0 spiro atoms. The molecule has 0 saturated heterocycles. The highest BCUT2D eigenvalue weighted by Crippen LogP contribution is 2.11. The first kappa shape index (κ1) is 11.2. The van der Waals surface area contributed by atoms with Gasteiger partial charge < -0.3 is 5.11 Å². The van der Waals surface area contributed by atoms with Gasteiger partial charge in [-0.3, -0.25) is 4.79 Å². The number of carboxylic acid groups (broad SMARTS) is 1. The van der Waals surface area contributed by atoms with Crippen molar-refractivity contribution in [1.82, 2.24) is 0 Å². The molecule has 0 saturated carbocycles. The third kappa shape index (κ3) is 3.94. The Labute approximate surface area is 77.9 Å². The Hall–Kier alpha value is -1.79. The summed E-state index contributed by atoms with van der Waals surface area (Å²) in [4.78, 5) is 10.7. The van der Waals surface area contributed by atoms with E-state index in [-0.39, 0.29) is 0 Å². The third-order valence-corrected chi connectivity index (χ3v) is 1.40. The summed E-state index contributed by atoms with van der Waals surface area (Å²) in [6.45, 7) is 10.4. The van der Waals surface area contributed by atoms with Crippen LogP contribution < -0.4 is 0 Å². The summed E-state index contributed by atoms with van der Waals surface area (Å²) in [5.74, 6) is -1.72. The highest BCUT2D eigenvalue weighted by Gasteiger charge is 2.14. The van der Waals surface area contributed by atoms with Crippen molar-refractivity contribution in [1.29, 1.82) is 0 Å². The minimum absolute atomic E-state index is 0.476. The number of allylic oxidation sites excluding steroid dienone is 3. The Bertz CT molecular complexity index is 289. The molecule has 0 heterocycles. The maximum absolute atomic E-state index is 10.7. The highest BCUT2D eigenvalue weighted by molar-refractivity contribution is 5.76. The van der Waals surface area contributed by atoms with Gasteiger partial charge in [-0.2, -0.15) is 0 Å². The van der Waals surface area contributed by atoms with Crippen LogP contribution in [0.1, 0.15) is 0 Å². The van der Waals surface area contributed by atoms with Crippen LogP contribution in [0.5, 0.6) is 0 Å². The molecular weight excluding hydrogens is 164 g/mol. The maximum atomic E-state index is 10.7. The average molecular weight is 176 g/mol. The van der Waals surface area contributed by atoms with E-state index in [1.807, 2.05) is 0 Å². The Morgan fingerprint density at radius 3 is 2.54 bits per heavy atom. The second-order valence-corrected chi connectivity index (χ2v) is 2.36. The Morgan fingerprint density at radius 1 is 1.54 bits per heavy atom. The van der Waals surface area contributed by atoms with Gasteiger partial charge in [0.2, 0.25) is 0 Å². The van der Waals surface area contributed by atoms with Gasteiger partial charge >= 0.3 is 5.97 Å². The van der Waals surface area contributed by atoms with Crippen LogP contribution in [0.4, 0.5) is 0 Å². The first-order chi connectivity index (χ1) is 6.13. The Kier molecular flexibility index (Phi) is 5.01. The fourth-order valence-electron chi connectivity index (χ4n) is 0.750. The molecule has 0 bridgehead atoms. The lowest BCUT2D eigenvalue weighted by atomic mass is 10.0. The summed E-state index contributed by atoms with van der Waals surface area (Å²) in [6.07, 6.45) is 6.15. The van der Waals surface area contributed by atoms with E-state index in [4.69, 9.17) is 5.11 Å². The summed E-state index contributed by atoms with van der Waals surface area (Å²) < 4.78 is 0. The van der Waals surface area contributed by atoms with Crippen molar-refractivity contribution in [3.8, 4) is 0 Å². The van der Waals surface area contributed by atoms with E-state index in [1.54, 1.807) is 18.2 Å². The monoisotopic (exact) mass is 176 g/mol. The van der Waals surface area contributed by atoms with Gasteiger partial charge in [0.25, 0.3) is 0 Å². The largest absolute Gasteiger partial charge is 0.481 e. The van der Waals surface area contributed by atoms with Gasteiger partial charge in [-0.25, -0.2) is 0 Å². The molecule has 1 N–H and O–H groups in total. The first-order valence-electron chi connectivity index (χ1n) is 3.70. The van der Waals surface area contributed by atoms with Gasteiger partial charge in [-0.1, -0.05) is 38.0 Å². The number of carbonyl (C=O) groups is 1. The lowest BCUT2D eigenvalue weighted by molar-refractivity contribution is -0.138. The molecule has 13 heavy (non-hydrogen) atoms. The van der Waals surface area contributed by atoms with Crippen molar-refractivity contribution >= 4 is 5.97 Å². The molecule has 1 unspecified atom stereocenters. The Balaban J connectivity index is 4.65. The van der Waals surface area contributed by atoms with Gasteiger partial charge in [0, 0.05) is 0 Å². The number of hydrogen-bond donors (Lipinski definition) is 1. The molecule has 68 valence electrons. The maximum Gasteiger partial charge on any atom is 0.315 e. The molecule has 0 aromatic carbocycles. The zero-order valence-corrected chi connectivity index (χ0v) is 7.36. The van der Waals surface area contributed by atoms with E-state index in [0.29, 0.717) is 5.57 Å². The molecule has 0 amide bonds. The van der Waals surface area contributed by atoms with Crippen LogP contribution in [0.3, 0.4) is 0 Å². The third-order valence-electron chi connectivity index (χ3n) is 1.40. The van der Waals surface area contributed by atoms with E-state index in [9.17, 15) is 4.79 Å². The van der Waals surface area contributed by atoms with Crippen LogP contribution >= 0.6 is 0 Å². The summed E-state index contributed by atoms with van der Waals surface area (Å²) in [5.41, 5.74) is 2.91. The molecule has 2 nitrogen and oxygen atoms in total. The minimum atomic E-state index is -0.963. The molecule has 1 atom stereocenters. The Morgan fingerprint density at radius 2 is 2.15 bits per heavy atom. The number of rotatable bonds is 5. The van der Waals surface area contributed by atoms with Gasteiger partial charge in [-0.15, -0.1) is 5.73 Å². The molecule has 0 rings (SSSR count). The van der Waals surface area contributed by atoms with Crippen molar-refractivity contribution in [2.75, 3.05) is 0 Å². The fourth-order valence-corrected chi connectivity index (χ4v) is 0.750. The number of aliphatic carboxylic acids is 1. The quantitative estimate of drug-likeness (QED) is 0.515. The van der Waals surface area contributed by atoms with Crippen molar-refractivity contribution in [3.63, 3.8) is 0 Å². The number of carboxylic acids is 1. The second-order valence-electron chi connectivity index (χ2n) is 2.36. The number of hydrogen-bond acceptors (Lipinski definition) is 1. The van der Waals surface area contributed by atoms with Crippen LogP contribution in [0, 0.1) is 5.92 Å². The van der Waals surface area contributed by atoms with E-state index < -0.39 is 11.9 Å². The van der Waals surface area contributed by atoms with Gasteiger partial charge in [-0.05, 0) is 11.6 Å². The standard InChI is InChI=1S/C11H12O2/c1-4-6-8-9(3)10(7-5-2)11(12)13/h4,6-8,10H,1-3H2,(H,12,13). The fraction of sp³-hybridized carbons (Fsp3) is 0.0909. The van der Waals surface area contributed by atoms with E-state index >= 15 is 0 Å². The topological polar surface area (TPSA) is 37.3 Å². The summed E-state index contributed by atoms with van der Waals surface area (Å²) in [5, 5.41) is 8.75. The normalized spacial score (nSPS) is 11.7. The molecule has 0 aliphatic carbocycles. The summed E-state index contributed by atoms with van der Waals surface area (Å²) >= 11 is 0. The molecule has 0 radical (unpaired) electrons. The first-order valence-corrected chi connectivity index (χ1v) is 3.70. The molecule has 0 aliphatic heterocycles. The zero-order chi connectivity index (χ0) is 10.3. The van der Waals surface area contributed by atoms with E-state index in [2.05, 4.69) is 25.5 Å². The summed E-state index contributed by atoms with van der Waals surface area (Å²) in [7, 11) is 0. The van der Waals surface area contributed by atoms with E-state index in [0.717, 1.165) is 0 Å². The highest BCUT2D eigenvalue weighted by atomic mass is 16.4. The zero-order valence-electron chi connectivity index (χ0n) is 7.36. The van der Waals surface area contributed by atoms with Crippen molar-refractivity contribution in [2.24, 2.45) is 5.92 Å². The van der Waals surface area contributed by atoms with Gasteiger partial charge in [0.05, 0.1) is 0 Å². The van der Waals surface area contributed by atoms with Gasteiger partial charge in [0.15, 0.2) is 0 Å². The van der Waals surface area contributed by atoms with Gasteiger partial charge in [0.1, 0.15) is 5.92 Å². The predicted molar refractivity (Wildman–Crippen MR) is 53.3 cm³/mol. The lowest BCUT2D eigenvalue weighted by Crippen LogP contribution is -2.11. The van der Waals surface area contributed by atoms with Crippen molar-refractivity contribution < 1.29 is 9.90 Å². The van der Waals surface area contributed by atoms with Crippen LogP contribution in [0.15, 0.2) is 55.3 Å². The molecule has 0 aromatic rings. The lowest BCUT2D eigenvalue weighted by Gasteiger charge is -2.04. The van der Waals surface area contributed by atoms with Crippen molar-refractivity contribution in [3.05, 3.63) is 55.3 Å². The van der Waals surface area contributed by atoms with Crippen LogP contribution in [-0.4, -0.2) is 11.1 Å². The minimum Gasteiger partial charge on any atom is -0.481 e. The smallest absolute Gasteiger partial charge is 0.315 e. The predicted octanol–water partition coefficient (Wildman–Crippen LogP) is 2.33. The average Bonchev–Trinajstić information content (AvgIpc) is 2.09. The van der Waals surface area contributed by atoms with Crippen LogP contribution in [0.25, 0.3) is 0 Å². The second kappa shape index (κ2) is 5.81. The molecule has 0 aromatic heterocycles. The molecular formula is C11H12O2.